The second-order valence-corrected chi connectivity index (χ2v) is 10.3. The third-order valence-corrected chi connectivity index (χ3v) is 5.05. The minimum absolute atomic E-state index is 0.192. The van der Waals surface area contributed by atoms with Crippen LogP contribution in [0.15, 0.2) is 18.5 Å². The fraction of sp³-hybridized carbons (Fsp3) is 0.583. The molecule has 1 unspecified atom stereocenters. The molecule has 2 rings (SSSR count). The molecule has 1 aliphatic heterocycles. The summed E-state index contributed by atoms with van der Waals surface area (Å²) in [5.74, 6) is 0. The number of rotatable bonds is 2. The summed E-state index contributed by atoms with van der Waals surface area (Å²) >= 11 is 0. The van der Waals surface area contributed by atoms with Gasteiger partial charge in [0.1, 0.15) is 6.23 Å². The molecule has 1 aromatic rings. The van der Waals surface area contributed by atoms with Crippen molar-refractivity contribution in [2.45, 2.75) is 32.8 Å². The number of hydrogen-bond acceptors (Lipinski definition) is 3. The van der Waals surface area contributed by atoms with Crippen LogP contribution in [0, 0.1) is 0 Å². The molecule has 3 nitrogen and oxygen atoms in total. The van der Waals surface area contributed by atoms with Crippen LogP contribution in [0.3, 0.4) is 0 Å². The van der Waals surface area contributed by atoms with E-state index in [1.807, 2.05) is 12.4 Å². The van der Waals surface area contributed by atoms with Crippen molar-refractivity contribution < 1.29 is 4.74 Å². The molecule has 0 spiro atoms. The molecule has 16 heavy (non-hydrogen) atoms. The van der Waals surface area contributed by atoms with Crippen LogP contribution in [0.1, 0.15) is 6.92 Å². The van der Waals surface area contributed by atoms with E-state index in [2.05, 4.69) is 42.5 Å². The zero-order valence-electron chi connectivity index (χ0n) is 10.5. The van der Waals surface area contributed by atoms with Gasteiger partial charge in [0.2, 0.25) is 0 Å². The van der Waals surface area contributed by atoms with E-state index in [1.54, 1.807) is 0 Å². The Hall–Kier alpha value is -0.873. The highest BCUT2D eigenvalue weighted by atomic mass is 28.3. The van der Waals surface area contributed by atoms with E-state index in [0.717, 1.165) is 13.2 Å². The van der Waals surface area contributed by atoms with Gasteiger partial charge in [-0.3, -0.25) is 4.98 Å². The lowest BCUT2D eigenvalue weighted by Crippen LogP contribution is -2.43. The molecule has 1 fully saturated rings. The highest BCUT2D eigenvalue weighted by molar-refractivity contribution is 6.89. The van der Waals surface area contributed by atoms with Crippen LogP contribution in [0.2, 0.25) is 19.6 Å². The molecule has 88 valence electrons. The maximum absolute atomic E-state index is 5.61. The van der Waals surface area contributed by atoms with Crippen molar-refractivity contribution in [2.75, 3.05) is 18.1 Å². The number of nitrogens with zero attached hydrogens (tertiary/aromatic N) is 2. The molecule has 0 amide bonds. The molecule has 1 saturated heterocycles. The molecule has 1 aromatic heterocycles. The lowest BCUT2D eigenvalue weighted by atomic mass is 10.3. The molecule has 0 N–H and O–H groups in total. The lowest BCUT2D eigenvalue weighted by Gasteiger charge is -2.28. The van der Waals surface area contributed by atoms with Gasteiger partial charge in [-0.1, -0.05) is 19.6 Å². The van der Waals surface area contributed by atoms with Crippen LogP contribution < -0.4 is 10.1 Å². The van der Waals surface area contributed by atoms with Gasteiger partial charge < -0.3 is 9.64 Å². The predicted octanol–water partition coefficient (Wildman–Crippen LogP) is 1.81. The molecule has 2 heterocycles. The second kappa shape index (κ2) is 4.18. The van der Waals surface area contributed by atoms with E-state index in [-0.39, 0.29) is 6.23 Å². The van der Waals surface area contributed by atoms with Gasteiger partial charge in [-0.25, -0.2) is 0 Å². The summed E-state index contributed by atoms with van der Waals surface area (Å²) in [5, 5.41) is 1.42. The summed E-state index contributed by atoms with van der Waals surface area (Å²) < 4.78 is 5.61. The van der Waals surface area contributed by atoms with Crippen molar-refractivity contribution in [3.8, 4) is 0 Å². The Morgan fingerprint density at radius 1 is 1.44 bits per heavy atom. The Bertz CT molecular complexity index is 376. The van der Waals surface area contributed by atoms with Gasteiger partial charge in [-0.15, -0.1) is 0 Å². The molecular weight excluding hydrogens is 216 g/mol. The van der Waals surface area contributed by atoms with Gasteiger partial charge in [0, 0.05) is 24.6 Å². The van der Waals surface area contributed by atoms with Gasteiger partial charge >= 0.3 is 0 Å². The topological polar surface area (TPSA) is 25.4 Å². The number of aromatic nitrogens is 1. The molecule has 4 heteroatoms. The predicted molar refractivity (Wildman–Crippen MR) is 70.0 cm³/mol. The van der Waals surface area contributed by atoms with Crippen LogP contribution in [-0.4, -0.2) is 32.4 Å². The van der Waals surface area contributed by atoms with Crippen LogP contribution >= 0.6 is 0 Å². The summed E-state index contributed by atoms with van der Waals surface area (Å²) in [6.45, 7) is 11.0. The number of pyridine rings is 1. The monoisotopic (exact) mass is 236 g/mol. The quantitative estimate of drug-likeness (QED) is 0.732. The maximum Gasteiger partial charge on any atom is 0.127 e. The maximum atomic E-state index is 5.61. The molecular formula is C12H20N2OSi. The first kappa shape index (κ1) is 11.6. The van der Waals surface area contributed by atoms with Gasteiger partial charge in [-0.05, 0) is 18.2 Å². The first-order valence-corrected chi connectivity index (χ1v) is 9.33. The normalized spacial score (nSPS) is 21.5. The zero-order valence-corrected chi connectivity index (χ0v) is 11.5. The largest absolute Gasteiger partial charge is 0.357 e. The molecule has 0 bridgehead atoms. The Morgan fingerprint density at radius 2 is 2.19 bits per heavy atom. The Kier molecular flexibility index (Phi) is 3.03. The van der Waals surface area contributed by atoms with E-state index in [1.165, 1.54) is 10.9 Å². The van der Waals surface area contributed by atoms with Crippen LogP contribution in [0.5, 0.6) is 0 Å². The number of hydrogen-bond donors (Lipinski definition) is 0. The van der Waals surface area contributed by atoms with E-state index in [0.29, 0.717) is 0 Å². The van der Waals surface area contributed by atoms with Crippen LogP contribution in [0.4, 0.5) is 5.69 Å². The average molecular weight is 236 g/mol. The van der Waals surface area contributed by atoms with Gasteiger partial charge in [-0.2, -0.15) is 0 Å². The molecule has 0 aromatic carbocycles. The third kappa shape index (κ3) is 2.13. The van der Waals surface area contributed by atoms with Crippen molar-refractivity contribution in [3.05, 3.63) is 18.5 Å². The number of anilines is 1. The highest BCUT2D eigenvalue weighted by Crippen LogP contribution is 2.21. The number of ether oxygens (including phenoxy) is 1. The van der Waals surface area contributed by atoms with Gasteiger partial charge in [0.15, 0.2) is 0 Å². The fourth-order valence-electron chi connectivity index (χ4n) is 2.13. The molecule has 0 radical (unpaired) electrons. The van der Waals surface area contributed by atoms with Crippen molar-refractivity contribution in [2.24, 2.45) is 0 Å². The van der Waals surface area contributed by atoms with Crippen molar-refractivity contribution >= 4 is 18.9 Å². The lowest BCUT2D eigenvalue weighted by molar-refractivity contribution is 0.127. The second-order valence-electron chi connectivity index (χ2n) is 5.31. The van der Waals surface area contributed by atoms with E-state index in [9.17, 15) is 0 Å². The molecule has 0 aliphatic carbocycles. The van der Waals surface area contributed by atoms with E-state index in [4.69, 9.17) is 4.74 Å². The van der Waals surface area contributed by atoms with Crippen molar-refractivity contribution in [1.82, 2.24) is 4.98 Å². The molecule has 0 saturated carbocycles. The van der Waals surface area contributed by atoms with Crippen molar-refractivity contribution in [3.63, 3.8) is 0 Å². The summed E-state index contributed by atoms with van der Waals surface area (Å²) in [4.78, 5) is 6.62. The summed E-state index contributed by atoms with van der Waals surface area (Å²) in [7, 11) is -1.33. The summed E-state index contributed by atoms with van der Waals surface area (Å²) in [6.07, 6.45) is 4.11. The first-order chi connectivity index (χ1) is 7.50. The van der Waals surface area contributed by atoms with Crippen LogP contribution in [-0.2, 0) is 4.74 Å². The Morgan fingerprint density at radius 3 is 2.75 bits per heavy atom. The standard InChI is InChI=1S/C12H20N2OSi/c1-10-14(7-8-15-10)11-5-6-13-9-12(11)16(2,3)4/h5-6,9-10H,7-8H2,1-4H3. The van der Waals surface area contributed by atoms with Crippen molar-refractivity contribution in [1.29, 1.82) is 0 Å². The summed E-state index contributed by atoms with van der Waals surface area (Å²) in [6, 6.07) is 2.12. The van der Waals surface area contributed by atoms with Crippen LogP contribution in [0.25, 0.3) is 0 Å². The minimum atomic E-state index is -1.33. The smallest absolute Gasteiger partial charge is 0.127 e. The summed E-state index contributed by atoms with van der Waals surface area (Å²) in [5.41, 5.74) is 1.32. The SMILES string of the molecule is CC1OCCN1c1ccncc1[Si](C)(C)C. The first-order valence-electron chi connectivity index (χ1n) is 5.83. The molecule has 1 aliphatic rings. The fourth-order valence-corrected chi connectivity index (χ4v) is 3.58. The Balaban J connectivity index is 2.40. The van der Waals surface area contributed by atoms with Gasteiger partial charge in [0.25, 0.3) is 0 Å². The average Bonchev–Trinajstić information content (AvgIpc) is 2.63. The zero-order chi connectivity index (χ0) is 11.8. The van der Waals surface area contributed by atoms with Gasteiger partial charge in [0.05, 0.1) is 14.7 Å². The third-order valence-electron chi connectivity index (χ3n) is 3.05. The minimum Gasteiger partial charge on any atom is -0.357 e. The van der Waals surface area contributed by atoms with E-state index < -0.39 is 8.07 Å². The molecule has 1 atom stereocenters. The van der Waals surface area contributed by atoms with E-state index >= 15 is 0 Å². The Labute approximate surface area is 98.5 Å². The highest BCUT2D eigenvalue weighted by Gasteiger charge is 2.28.